The molecule has 1 unspecified atom stereocenters. The Balaban J connectivity index is 1.52. The van der Waals surface area contributed by atoms with Crippen LogP contribution in [0.4, 0.5) is 11.4 Å². The van der Waals surface area contributed by atoms with Gasteiger partial charge in [-0.3, -0.25) is 14.5 Å². The van der Waals surface area contributed by atoms with E-state index in [1.165, 1.54) is 0 Å². The highest BCUT2D eigenvalue weighted by Crippen LogP contribution is 2.25. The van der Waals surface area contributed by atoms with Gasteiger partial charge in [0.2, 0.25) is 5.91 Å². The number of hydrogen-bond acceptors (Lipinski definition) is 5. The fraction of sp³-hybridized carbons (Fsp3) is 0.611. The number of anilines is 2. The number of carbonyl (C=O) groups is 2. The smallest absolute Gasteiger partial charge is 0.279 e. The van der Waals surface area contributed by atoms with E-state index in [1.807, 2.05) is 64.1 Å². The van der Waals surface area contributed by atoms with Crippen LogP contribution >= 0.6 is 0 Å². The minimum Gasteiger partial charge on any atom is -0.396 e. The Kier molecular flexibility index (Phi) is 14.8. The number of hydrogen-bond donors (Lipinski definition) is 4. The molecule has 8 nitrogen and oxygen atoms in total. The molecule has 1 saturated heterocycles. The standard InChI is InChI=1S/C36H56N4O4/c1-28-15-13-16-29(2)34(28)37-33(43)27-40(23-9-11-25-41,24-10-12-26-42)22-8-6-5-7-20-39-21-19-32(39)36(44)38-35-30(3)17-14-18-31(35)4/h13-18,32,41-42H,5-12,19-27H2,1-4H3,(H-,37,38,43,44)/p+1. The number of rotatable bonds is 20. The van der Waals surface area contributed by atoms with E-state index in [2.05, 4.69) is 15.5 Å². The van der Waals surface area contributed by atoms with Crippen molar-refractivity contribution in [3.63, 3.8) is 0 Å². The zero-order valence-electron chi connectivity index (χ0n) is 27.7. The van der Waals surface area contributed by atoms with Crippen LogP contribution in [-0.4, -0.2) is 89.9 Å². The maximum absolute atomic E-state index is 13.4. The normalized spacial score (nSPS) is 15.2. The van der Waals surface area contributed by atoms with Crippen LogP contribution in [0.2, 0.25) is 0 Å². The second-order valence-corrected chi connectivity index (χ2v) is 12.9. The van der Waals surface area contributed by atoms with E-state index in [0.717, 1.165) is 124 Å². The summed E-state index contributed by atoms with van der Waals surface area (Å²) < 4.78 is 0.684. The van der Waals surface area contributed by atoms with Crippen molar-refractivity contribution in [2.75, 3.05) is 63.1 Å². The monoisotopic (exact) mass is 609 g/mol. The average Bonchev–Trinajstić information content (AvgIpc) is 2.96. The van der Waals surface area contributed by atoms with E-state index in [1.54, 1.807) is 0 Å². The maximum atomic E-state index is 13.4. The van der Waals surface area contributed by atoms with Gasteiger partial charge in [0.05, 0.1) is 25.7 Å². The van der Waals surface area contributed by atoms with Crippen molar-refractivity contribution in [3.8, 4) is 0 Å². The number of carbonyl (C=O) groups excluding carboxylic acids is 2. The van der Waals surface area contributed by atoms with Crippen molar-refractivity contribution in [1.82, 2.24) is 4.90 Å². The van der Waals surface area contributed by atoms with Crippen LogP contribution in [0.1, 0.15) is 80.0 Å². The number of aryl methyl sites for hydroxylation is 4. The number of amides is 2. The first-order valence-electron chi connectivity index (χ1n) is 16.7. The van der Waals surface area contributed by atoms with Crippen molar-refractivity contribution in [2.45, 2.75) is 91.5 Å². The molecule has 2 amide bonds. The van der Waals surface area contributed by atoms with E-state index in [9.17, 15) is 19.8 Å². The first-order chi connectivity index (χ1) is 21.2. The molecule has 1 aliphatic rings. The van der Waals surface area contributed by atoms with Gasteiger partial charge in [0.25, 0.3) is 5.91 Å². The Morgan fingerprint density at radius 1 is 0.727 bits per heavy atom. The van der Waals surface area contributed by atoms with Gasteiger partial charge in [0, 0.05) is 31.1 Å². The summed E-state index contributed by atoms with van der Waals surface area (Å²) >= 11 is 0. The molecule has 8 heteroatoms. The molecule has 0 aliphatic carbocycles. The lowest BCUT2D eigenvalue weighted by atomic mass is 10.00. The van der Waals surface area contributed by atoms with Gasteiger partial charge < -0.3 is 25.3 Å². The van der Waals surface area contributed by atoms with Crippen LogP contribution in [0.5, 0.6) is 0 Å². The third-order valence-electron chi connectivity index (χ3n) is 9.30. The summed E-state index contributed by atoms with van der Waals surface area (Å²) in [6, 6.07) is 12.1. The highest BCUT2D eigenvalue weighted by molar-refractivity contribution is 5.96. The molecule has 1 fully saturated rings. The zero-order valence-corrected chi connectivity index (χ0v) is 27.7. The van der Waals surface area contributed by atoms with E-state index in [-0.39, 0.29) is 31.1 Å². The topological polar surface area (TPSA) is 102 Å². The SMILES string of the molecule is Cc1cccc(C)c1NC(=O)C[N+](CCCCO)(CCCCO)CCCCCCN1CCC1C(=O)Nc1c(C)cccc1C. The molecular formula is C36H57N4O4+. The molecule has 2 aromatic carbocycles. The van der Waals surface area contributed by atoms with Gasteiger partial charge in [0.15, 0.2) is 6.54 Å². The molecule has 0 radical (unpaired) electrons. The van der Waals surface area contributed by atoms with E-state index >= 15 is 0 Å². The number of nitrogens with one attached hydrogen (secondary N) is 2. The van der Waals surface area contributed by atoms with E-state index < -0.39 is 0 Å². The number of aliphatic hydroxyl groups excluding tert-OH is 2. The molecule has 0 spiro atoms. The zero-order chi connectivity index (χ0) is 32.0. The average molecular weight is 610 g/mol. The number of quaternary nitrogens is 1. The maximum Gasteiger partial charge on any atom is 0.279 e. The molecule has 0 bridgehead atoms. The largest absolute Gasteiger partial charge is 0.396 e. The van der Waals surface area contributed by atoms with Crippen molar-refractivity contribution >= 4 is 23.2 Å². The van der Waals surface area contributed by atoms with Gasteiger partial charge in [0.1, 0.15) is 0 Å². The number of likely N-dealkylation sites (tertiary alicyclic amines) is 1. The predicted molar refractivity (Wildman–Crippen MR) is 180 cm³/mol. The van der Waals surface area contributed by atoms with Gasteiger partial charge in [-0.15, -0.1) is 0 Å². The van der Waals surface area contributed by atoms with Crippen molar-refractivity contribution < 1.29 is 24.3 Å². The van der Waals surface area contributed by atoms with Crippen LogP contribution in [0.3, 0.4) is 0 Å². The summed E-state index contributed by atoms with van der Waals surface area (Å²) in [6.07, 6.45) is 8.33. The van der Waals surface area contributed by atoms with Crippen LogP contribution in [-0.2, 0) is 9.59 Å². The molecule has 2 aromatic rings. The summed E-state index contributed by atoms with van der Waals surface area (Å²) in [6.45, 7) is 13.3. The summed E-state index contributed by atoms with van der Waals surface area (Å²) in [4.78, 5) is 28.7. The van der Waals surface area contributed by atoms with E-state index in [0.29, 0.717) is 11.0 Å². The first kappa shape index (κ1) is 35.7. The Morgan fingerprint density at radius 2 is 1.20 bits per heavy atom. The van der Waals surface area contributed by atoms with Gasteiger partial charge in [-0.25, -0.2) is 0 Å². The lowest BCUT2D eigenvalue weighted by Gasteiger charge is -2.40. The van der Waals surface area contributed by atoms with Crippen LogP contribution in [0.25, 0.3) is 0 Å². The molecule has 1 heterocycles. The molecule has 4 N–H and O–H groups in total. The van der Waals surface area contributed by atoms with Crippen molar-refractivity contribution in [3.05, 3.63) is 58.7 Å². The number of benzene rings is 2. The van der Waals surface area contributed by atoms with Crippen molar-refractivity contribution in [1.29, 1.82) is 0 Å². The molecule has 1 atom stereocenters. The number of unbranched alkanes of at least 4 members (excludes halogenated alkanes) is 5. The third kappa shape index (κ3) is 10.7. The van der Waals surface area contributed by atoms with Crippen molar-refractivity contribution in [2.24, 2.45) is 0 Å². The first-order valence-corrected chi connectivity index (χ1v) is 16.7. The lowest BCUT2D eigenvalue weighted by molar-refractivity contribution is -0.921. The van der Waals surface area contributed by atoms with Gasteiger partial charge >= 0.3 is 0 Å². The Labute approximate surface area is 265 Å². The molecule has 244 valence electrons. The summed E-state index contributed by atoms with van der Waals surface area (Å²) in [5, 5.41) is 25.3. The molecule has 3 rings (SSSR count). The summed E-state index contributed by atoms with van der Waals surface area (Å²) in [5.74, 6) is 0.124. The summed E-state index contributed by atoms with van der Waals surface area (Å²) in [5.41, 5.74) is 6.14. The minimum atomic E-state index is -0.0493. The number of nitrogens with zero attached hydrogens (tertiary/aromatic N) is 2. The van der Waals surface area contributed by atoms with Gasteiger partial charge in [-0.2, -0.15) is 0 Å². The molecule has 44 heavy (non-hydrogen) atoms. The highest BCUT2D eigenvalue weighted by Gasteiger charge is 2.34. The highest BCUT2D eigenvalue weighted by atomic mass is 16.3. The molecule has 0 aromatic heterocycles. The fourth-order valence-corrected chi connectivity index (χ4v) is 6.52. The minimum absolute atomic E-state index is 0.0263. The van der Waals surface area contributed by atoms with Gasteiger partial charge in [-0.05, 0) is 108 Å². The molecule has 1 aliphatic heterocycles. The van der Waals surface area contributed by atoms with Crippen LogP contribution < -0.4 is 10.6 Å². The number of aliphatic hydroxyl groups is 2. The predicted octanol–water partition coefficient (Wildman–Crippen LogP) is 5.49. The molecule has 0 saturated carbocycles. The quantitative estimate of drug-likeness (QED) is 0.117. The lowest BCUT2D eigenvalue weighted by Crippen LogP contribution is -2.54. The van der Waals surface area contributed by atoms with Gasteiger partial charge in [-0.1, -0.05) is 42.8 Å². The van der Waals surface area contributed by atoms with Crippen LogP contribution in [0.15, 0.2) is 36.4 Å². The Hall–Kier alpha value is -2.78. The van der Waals surface area contributed by atoms with E-state index in [4.69, 9.17) is 0 Å². The fourth-order valence-electron chi connectivity index (χ4n) is 6.52. The Bertz CT molecular complexity index is 1150. The number of para-hydroxylation sites is 2. The Morgan fingerprint density at radius 3 is 1.68 bits per heavy atom. The second-order valence-electron chi connectivity index (χ2n) is 12.9. The second kappa shape index (κ2) is 18.3. The third-order valence-corrected chi connectivity index (χ3v) is 9.30. The van der Waals surface area contributed by atoms with Crippen LogP contribution in [0, 0.1) is 27.7 Å². The molecular weight excluding hydrogens is 552 g/mol. The summed E-state index contributed by atoms with van der Waals surface area (Å²) in [7, 11) is 0.